The van der Waals surface area contributed by atoms with Crippen molar-refractivity contribution in [3.05, 3.63) is 23.8 Å². The fourth-order valence-electron chi connectivity index (χ4n) is 3.43. The molecule has 0 fully saturated rings. The smallest absolute Gasteiger partial charge is 0.321 e. The van der Waals surface area contributed by atoms with Gasteiger partial charge in [-0.1, -0.05) is 40.2 Å². The Morgan fingerprint density at radius 3 is 1.92 bits per heavy atom. The van der Waals surface area contributed by atoms with Crippen molar-refractivity contribution in [2.24, 2.45) is 22.5 Å². The van der Waals surface area contributed by atoms with Gasteiger partial charge in [-0.05, 0) is 70.6 Å². The van der Waals surface area contributed by atoms with Crippen molar-refractivity contribution in [3.63, 3.8) is 0 Å². The number of carbonyl (C=O) groups excluding carboxylic acids is 3. The molecule has 0 bridgehead atoms. The predicted molar refractivity (Wildman–Crippen MR) is 144 cm³/mol. The SMILES string of the molecule is CCCCC(=O)OCC(C)C(c1ccc(OC(=O)C(C)(C)CC)c(OC(=O)C(C)(C)CC)c1)[C@H](N)C(=O)O. The van der Waals surface area contributed by atoms with Crippen LogP contribution in [0.2, 0.25) is 0 Å². The van der Waals surface area contributed by atoms with Crippen LogP contribution in [0, 0.1) is 16.7 Å². The van der Waals surface area contributed by atoms with Crippen LogP contribution in [0.1, 0.15) is 99.0 Å². The lowest BCUT2D eigenvalue weighted by Crippen LogP contribution is -2.40. The van der Waals surface area contributed by atoms with Crippen LogP contribution in [-0.2, 0) is 23.9 Å². The van der Waals surface area contributed by atoms with Crippen molar-refractivity contribution in [1.82, 2.24) is 0 Å². The molecular formula is C29H45NO8. The van der Waals surface area contributed by atoms with Crippen LogP contribution < -0.4 is 15.2 Å². The van der Waals surface area contributed by atoms with E-state index in [-0.39, 0.29) is 30.5 Å². The highest BCUT2D eigenvalue weighted by Crippen LogP contribution is 2.38. The van der Waals surface area contributed by atoms with Gasteiger partial charge in [0.1, 0.15) is 6.04 Å². The Morgan fingerprint density at radius 2 is 1.45 bits per heavy atom. The quantitative estimate of drug-likeness (QED) is 0.228. The average molecular weight is 536 g/mol. The fraction of sp³-hybridized carbons (Fsp3) is 0.655. The number of esters is 3. The third-order valence-electron chi connectivity index (χ3n) is 7.16. The van der Waals surface area contributed by atoms with Crippen molar-refractivity contribution in [2.75, 3.05) is 6.61 Å². The topological polar surface area (TPSA) is 142 Å². The largest absolute Gasteiger partial charge is 0.480 e. The summed E-state index contributed by atoms with van der Waals surface area (Å²) in [6, 6.07) is 3.21. The number of benzene rings is 1. The second-order valence-corrected chi connectivity index (χ2v) is 11.1. The van der Waals surface area contributed by atoms with Crippen LogP contribution >= 0.6 is 0 Å². The highest BCUT2D eigenvalue weighted by Gasteiger charge is 2.35. The summed E-state index contributed by atoms with van der Waals surface area (Å²) in [5.74, 6) is -3.85. The van der Waals surface area contributed by atoms with E-state index in [1.807, 2.05) is 20.8 Å². The minimum Gasteiger partial charge on any atom is -0.480 e. The molecule has 9 heteroatoms. The van der Waals surface area contributed by atoms with Crippen LogP contribution in [0.4, 0.5) is 0 Å². The summed E-state index contributed by atoms with van der Waals surface area (Å²) in [7, 11) is 0. The summed E-state index contributed by atoms with van der Waals surface area (Å²) >= 11 is 0. The Labute approximate surface area is 226 Å². The normalized spacial score (nSPS) is 14.2. The number of carboxylic acid groups (broad SMARTS) is 1. The number of unbranched alkanes of at least 4 members (excludes halogenated alkanes) is 1. The summed E-state index contributed by atoms with van der Waals surface area (Å²) in [5, 5.41) is 9.71. The zero-order chi connectivity index (χ0) is 29.3. The maximum absolute atomic E-state index is 12.9. The third-order valence-corrected chi connectivity index (χ3v) is 7.16. The summed E-state index contributed by atoms with van der Waals surface area (Å²) in [4.78, 5) is 49.7. The van der Waals surface area contributed by atoms with Crippen molar-refractivity contribution in [2.45, 2.75) is 99.5 Å². The Morgan fingerprint density at radius 1 is 0.921 bits per heavy atom. The highest BCUT2D eigenvalue weighted by molar-refractivity contribution is 5.82. The molecule has 0 aliphatic rings. The lowest BCUT2D eigenvalue weighted by atomic mass is 9.82. The maximum atomic E-state index is 12.9. The molecule has 0 amide bonds. The van der Waals surface area contributed by atoms with Crippen LogP contribution in [0.5, 0.6) is 11.5 Å². The molecule has 2 unspecified atom stereocenters. The molecule has 0 aliphatic heterocycles. The molecule has 0 heterocycles. The van der Waals surface area contributed by atoms with Gasteiger partial charge >= 0.3 is 23.9 Å². The van der Waals surface area contributed by atoms with E-state index in [0.29, 0.717) is 24.8 Å². The first-order valence-corrected chi connectivity index (χ1v) is 13.3. The molecule has 214 valence electrons. The zero-order valence-electron chi connectivity index (χ0n) is 24.1. The highest BCUT2D eigenvalue weighted by atomic mass is 16.6. The molecule has 3 N–H and O–H groups in total. The molecule has 0 saturated heterocycles. The zero-order valence-corrected chi connectivity index (χ0v) is 24.1. The lowest BCUT2D eigenvalue weighted by Gasteiger charge is -2.29. The Hall–Kier alpha value is -2.94. The Kier molecular flexibility index (Phi) is 12.4. The maximum Gasteiger partial charge on any atom is 0.321 e. The van der Waals surface area contributed by atoms with Gasteiger partial charge in [0.15, 0.2) is 11.5 Å². The number of hydrogen-bond acceptors (Lipinski definition) is 8. The van der Waals surface area contributed by atoms with Gasteiger partial charge in [-0.3, -0.25) is 19.2 Å². The van der Waals surface area contributed by atoms with Crippen LogP contribution in [0.15, 0.2) is 18.2 Å². The van der Waals surface area contributed by atoms with Gasteiger partial charge in [-0.15, -0.1) is 0 Å². The molecule has 1 aromatic carbocycles. The molecule has 1 rings (SSSR count). The van der Waals surface area contributed by atoms with E-state index in [0.717, 1.165) is 6.42 Å². The number of carbonyl (C=O) groups is 4. The van der Waals surface area contributed by atoms with Crippen molar-refractivity contribution in [1.29, 1.82) is 0 Å². The molecule has 38 heavy (non-hydrogen) atoms. The van der Waals surface area contributed by atoms with Crippen LogP contribution in [0.3, 0.4) is 0 Å². The van der Waals surface area contributed by atoms with Gasteiger partial charge in [0.25, 0.3) is 0 Å². The van der Waals surface area contributed by atoms with Crippen molar-refractivity contribution >= 4 is 23.9 Å². The van der Waals surface area contributed by atoms with Crippen LogP contribution in [-0.4, -0.2) is 41.6 Å². The molecular weight excluding hydrogens is 490 g/mol. The fourth-order valence-corrected chi connectivity index (χ4v) is 3.43. The second kappa shape index (κ2) is 14.3. The molecule has 1 aromatic rings. The van der Waals surface area contributed by atoms with E-state index in [4.69, 9.17) is 19.9 Å². The van der Waals surface area contributed by atoms with Crippen molar-refractivity contribution in [3.8, 4) is 11.5 Å². The van der Waals surface area contributed by atoms with E-state index >= 15 is 0 Å². The van der Waals surface area contributed by atoms with Gasteiger partial charge < -0.3 is 25.1 Å². The van der Waals surface area contributed by atoms with E-state index in [1.165, 1.54) is 12.1 Å². The van der Waals surface area contributed by atoms with E-state index in [2.05, 4.69) is 0 Å². The molecule has 0 aliphatic carbocycles. The summed E-state index contributed by atoms with van der Waals surface area (Å²) in [6.45, 7) is 14.4. The lowest BCUT2D eigenvalue weighted by molar-refractivity contribution is -0.147. The summed E-state index contributed by atoms with van der Waals surface area (Å²) in [6.07, 6.45) is 2.87. The number of aliphatic carboxylic acids is 1. The Bertz CT molecular complexity index is 985. The average Bonchev–Trinajstić information content (AvgIpc) is 2.87. The number of hydrogen-bond donors (Lipinski definition) is 2. The van der Waals surface area contributed by atoms with E-state index < -0.39 is 46.6 Å². The molecule has 0 spiro atoms. The standard InChI is InChI=1S/C29H45NO8/c1-9-12-13-22(31)36-17-18(4)23(24(30)25(32)33)19-14-15-20(37-26(34)28(5,6)10-2)21(16-19)38-27(35)29(7,8)11-3/h14-16,18,23-24H,9-13,17,30H2,1-8H3,(H,32,33)/t18?,23?,24-/m0/s1. The number of nitrogens with two attached hydrogens (primary N) is 1. The predicted octanol–water partition coefficient (Wildman–Crippen LogP) is 5.23. The van der Waals surface area contributed by atoms with Gasteiger partial charge in [0, 0.05) is 12.3 Å². The van der Waals surface area contributed by atoms with Crippen molar-refractivity contribution < 1.29 is 38.5 Å². The first kappa shape index (κ1) is 33.1. The molecule has 9 nitrogen and oxygen atoms in total. The first-order valence-electron chi connectivity index (χ1n) is 13.3. The van der Waals surface area contributed by atoms with Gasteiger partial charge in [0.05, 0.1) is 17.4 Å². The van der Waals surface area contributed by atoms with Gasteiger partial charge in [-0.25, -0.2) is 0 Å². The minimum absolute atomic E-state index is 0.0102. The number of ether oxygens (including phenoxy) is 3. The summed E-state index contributed by atoms with van der Waals surface area (Å²) in [5.41, 5.74) is 4.95. The second-order valence-electron chi connectivity index (χ2n) is 11.1. The first-order chi connectivity index (χ1) is 17.6. The molecule has 0 radical (unpaired) electrons. The molecule has 3 atom stereocenters. The van der Waals surface area contributed by atoms with Crippen LogP contribution in [0.25, 0.3) is 0 Å². The molecule has 0 saturated carbocycles. The van der Waals surface area contributed by atoms with E-state index in [1.54, 1.807) is 40.7 Å². The van der Waals surface area contributed by atoms with Gasteiger partial charge in [-0.2, -0.15) is 0 Å². The molecule has 0 aromatic heterocycles. The van der Waals surface area contributed by atoms with E-state index in [9.17, 15) is 24.3 Å². The van der Waals surface area contributed by atoms with Gasteiger partial charge in [0.2, 0.25) is 0 Å². The summed E-state index contributed by atoms with van der Waals surface area (Å²) < 4.78 is 16.7. The Balaban J connectivity index is 3.48. The minimum atomic E-state index is -1.33. The monoisotopic (exact) mass is 535 g/mol. The number of rotatable bonds is 15. The third kappa shape index (κ3) is 9.11. The number of carboxylic acids is 1.